The van der Waals surface area contributed by atoms with Crippen LogP contribution in [0.4, 0.5) is 0 Å². The molecule has 0 fully saturated rings. The zero-order valence-corrected chi connectivity index (χ0v) is 13.4. The number of methoxy groups -OCH3 is 2. The molecule has 0 aromatic carbocycles. The Morgan fingerprint density at radius 2 is 1.89 bits per heavy atom. The first-order valence-electron chi connectivity index (χ1n) is 6.70. The van der Waals surface area contributed by atoms with Gasteiger partial charge in [0.25, 0.3) is 0 Å². The summed E-state index contributed by atoms with van der Waals surface area (Å²) in [7, 11) is 5.40. The van der Waals surface area contributed by atoms with Gasteiger partial charge in [-0.15, -0.1) is 0 Å². The summed E-state index contributed by atoms with van der Waals surface area (Å²) in [6, 6.07) is 0. The monoisotopic (exact) mass is 291 g/mol. The van der Waals surface area contributed by atoms with Gasteiger partial charge in [-0.05, 0) is 26.2 Å². The lowest BCUT2D eigenvalue weighted by Crippen LogP contribution is -2.21. The highest BCUT2D eigenvalue weighted by Gasteiger charge is 2.09. The molecule has 2 unspecified atom stereocenters. The first-order valence-corrected chi connectivity index (χ1v) is 7.69. The summed E-state index contributed by atoms with van der Waals surface area (Å²) in [5.74, 6) is 1.04. The minimum absolute atomic E-state index is 0.312. The Bertz CT molecular complexity index is 218. The summed E-state index contributed by atoms with van der Waals surface area (Å²) in [6.45, 7) is 2.84. The van der Waals surface area contributed by atoms with E-state index in [4.69, 9.17) is 9.47 Å². The third-order valence-electron chi connectivity index (χ3n) is 2.82. The summed E-state index contributed by atoms with van der Waals surface area (Å²) < 4.78 is 14.0. The molecule has 0 heterocycles. The molecule has 0 radical (unpaired) electrons. The average Bonchev–Trinajstić information content (AvgIpc) is 2.44. The quantitative estimate of drug-likeness (QED) is 0.273. The molecule has 0 bridgehead atoms. The lowest BCUT2D eigenvalue weighted by Gasteiger charge is -2.17. The van der Waals surface area contributed by atoms with Gasteiger partial charge in [-0.3, -0.25) is 0 Å². The second-order valence-electron chi connectivity index (χ2n) is 4.27. The molecule has 0 saturated heterocycles. The van der Waals surface area contributed by atoms with Crippen LogP contribution in [0.2, 0.25) is 0 Å². The van der Waals surface area contributed by atoms with Gasteiger partial charge < -0.3 is 20.1 Å². The molecule has 0 spiro atoms. The summed E-state index contributed by atoms with van der Waals surface area (Å²) in [4.78, 5) is 0. The molecular weight excluding hydrogens is 262 g/mol. The number of ether oxygens (including phenoxy) is 2. The second kappa shape index (κ2) is 14.0. The summed E-state index contributed by atoms with van der Waals surface area (Å²) in [5.41, 5.74) is 0. The molecule has 0 aliphatic carbocycles. The maximum atomic E-state index is 5.47. The van der Waals surface area contributed by atoms with Crippen molar-refractivity contribution in [1.82, 2.24) is 15.4 Å². The predicted octanol–water partition coefficient (Wildman–Crippen LogP) is 1.68. The number of nitrogens with one attached hydrogen (secondary N) is 3. The SMILES string of the molecule is CN/C=C\NCNSCCC(CCC(C)OC)OC. The van der Waals surface area contributed by atoms with Gasteiger partial charge in [0.05, 0.1) is 18.9 Å². The van der Waals surface area contributed by atoms with E-state index in [-0.39, 0.29) is 0 Å². The molecule has 114 valence electrons. The van der Waals surface area contributed by atoms with Gasteiger partial charge in [0.2, 0.25) is 0 Å². The third-order valence-corrected chi connectivity index (χ3v) is 3.61. The Balaban J connectivity index is 3.43. The zero-order chi connectivity index (χ0) is 14.3. The van der Waals surface area contributed by atoms with E-state index in [1.165, 1.54) is 0 Å². The van der Waals surface area contributed by atoms with E-state index in [1.54, 1.807) is 26.2 Å². The molecule has 0 aromatic rings. The average molecular weight is 291 g/mol. The number of hydrogen-bond donors (Lipinski definition) is 3. The van der Waals surface area contributed by atoms with E-state index < -0.39 is 0 Å². The normalized spacial score (nSPS) is 14.5. The van der Waals surface area contributed by atoms with Crippen molar-refractivity contribution in [3.05, 3.63) is 12.4 Å². The minimum atomic E-state index is 0.312. The van der Waals surface area contributed by atoms with Crippen LogP contribution in [0.15, 0.2) is 12.4 Å². The fraction of sp³-hybridized carbons (Fsp3) is 0.846. The van der Waals surface area contributed by atoms with Crippen LogP contribution >= 0.6 is 11.9 Å². The van der Waals surface area contributed by atoms with Crippen LogP contribution in [0.3, 0.4) is 0 Å². The van der Waals surface area contributed by atoms with E-state index in [0.717, 1.165) is 31.7 Å². The van der Waals surface area contributed by atoms with Crippen LogP contribution in [0.5, 0.6) is 0 Å². The van der Waals surface area contributed by atoms with Gasteiger partial charge in [-0.2, -0.15) is 0 Å². The zero-order valence-electron chi connectivity index (χ0n) is 12.6. The van der Waals surface area contributed by atoms with Crippen molar-refractivity contribution >= 4 is 11.9 Å². The van der Waals surface area contributed by atoms with Crippen molar-refractivity contribution < 1.29 is 9.47 Å². The molecule has 0 aromatic heterocycles. The van der Waals surface area contributed by atoms with Crippen LogP contribution in [0.1, 0.15) is 26.2 Å². The van der Waals surface area contributed by atoms with Gasteiger partial charge in [-0.25, -0.2) is 4.72 Å². The van der Waals surface area contributed by atoms with E-state index in [9.17, 15) is 0 Å². The molecule has 5 nitrogen and oxygen atoms in total. The maximum absolute atomic E-state index is 5.47. The smallest absolute Gasteiger partial charge is 0.0742 e. The molecule has 0 rings (SSSR count). The predicted molar refractivity (Wildman–Crippen MR) is 82.9 cm³/mol. The number of hydrogen-bond acceptors (Lipinski definition) is 6. The van der Waals surface area contributed by atoms with Crippen molar-refractivity contribution in [2.75, 3.05) is 33.7 Å². The van der Waals surface area contributed by atoms with E-state index in [2.05, 4.69) is 22.3 Å². The van der Waals surface area contributed by atoms with Crippen molar-refractivity contribution in [2.45, 2.75) is 38.4 Å². The highest BCUT2D eigenvalue weighted by molar-refractivity contribution is 7.97. The van der Waals surface area contributed by atoms with Crippen LogP contribution in [-0.4, -0.2) is 45.9 Å². The Morgan fingerprint density at radius 3 is 2.53 bits per heavy atom. The first-order chi connectivity index (χ1) is 9.24. The molecule has 2 atom stereocenters. The van der Waals surface area contributed by atoms with Crippen molar-refractivity contribution in [3.63, 3.8) is 0 Å². The highest BCUT2D eigenvalue weighted by atomic mass is 32.2. The molecule has 3 N–H and O–H groups in total. The van der Waals surface area contributed by atoms with Crippen LogP contribution in [0, 0.1) is 0 Å². The minimum Gasteiger partial charge on any atom is -0.393 e. The van der Waals surface area contributed by atoms with Crippen LogP contribution in [0.25, 0.3) is 0 Å². The van der Waals surface area contributed by atoms with Gasteiger partial charge in [-0.1, -0.05) is 11.9 Å². The summed E-state index contributed by atoms with van der Waals surface area (Å²) in [6.07, 6.45) is 7.51. The Kier molecular flexibility index (Phi) is 13.7. The van der Waals surface area contributed by atoms with Crippen molar-refractivity contribution in [2.24, 2.45) is 0 Å². The standard InChI is InChI=1S/C13H29N3O2S/c1-12(17-3)5-6-13(18-4)7-10-19-16-11-15-9-8-14-2/h8-9,12-16H,5-7,10-11H2,1-4H3/b9-8-. The van der Waals surface area contributed by atoms with Gasteiger partial charge in [0, 0.05) is 39.4 Å². The summed E-state index contributed by atoms with van der Waals surface area (Å²) >= 11 is 1.72. The van der Waals surface area contributed by atoms with Gasteiger partial charge in [0.15, 0.2) is 0 Å². The van der Waals surface area contributed by atoms with Crippen molar-refractivity contribution in [1.29, 1.82) is 0 Å². The van der Waals surface area contributed by atoms with Crippen LogP contribution in [-0.2, 0) is 9.47 Å². The maximum Gasteiger partial charge on any atom is 0.0742 e. The van der Waals surface area contributed by atoms with E-state index in [0.29, 0.717) is 12.2 Å². The molecule has 6 heteroatoms. The molecular formula is C13H29N3O2S. The highest BCUT2D eigenvalue weighted by Crippen LogP contribution is 2.12. The number of rotatable bonds is 13. The fourth-order valence-corrected chi connectivity index (χ4v) is 2.19. The Labute approximate surface area is 122 Å². The Morgan fingerprint density at radius 1 is 1.11 bits per heavy atom. The molecule has 0 amide bonds. The van der Waals surface area contributed by atoms with E-state index in [1.807, 2.05) is 19.4 Å². The molecule has 0 saturated carbocycles. The summed E-state index contributed by atoms with van der Waals surface area (Å²) in [5, 5.41) is 6.03. The largest absolute Gasteiger partial charge is 0.393 e. The first kappa shape index (κ1) is 18.6. The topological polar surface area (TPSA) is 54.5 Å². The Hall–Kier alpha value is -0.430. The lowest BCUT2D eigenvalue weighted by atomic mass is 10.1. The third kappa shape index (κ3) is 12.4. The molecule has 0 aliphatic heterocycles. The van der Waals surface area contributed by atoms with Gasteiger partial charge in [0.1, 0.15) is 0 Å². The van der Waals surface area contributed by atoms with Crippen LogP contribution < -0.4 is 15.4 Å². The molecule has 0 aliphatic rings. The lowest BCUT2D eigenvalue weighted by molar-refractivity contribution is 0.0598. The second-order valence-corrected chi connectivity index (χ2v) is 5.25. The molecule has 19 heavy (non-hydrogen) atoms. The van der Waals surface area contributed by atoms with E-state index >= 15 is 0 Å². The fourth-order valence-electron chi connectivity index (χ4n) is 1.47. The van der Waals surface area contributed by atoms with Gasteiger partial charge >= 0.3 is 0 Å². The van der Waals surface area contributed by atoms with Crippen molar-refractivity contribution in [3.8, 4) is 0 Å².